The van der Waals surface area contributed by atoms with Crippen LogP contribution in [-0.4, -0.2) is 4.75 Å². The van der Waals surface area contributed by atoms with E-state index in [2.05, 4.69) is 25.5 Å². The fourth-order valence-corrected chi connectivity index (χ4v) is 3.05. The van der Waals surface area contributed by atoms with Gasteiger partial charge in [0.2, 0.25) is 0 Å². The second-order valence-electron chi connectivity index (χ2n) is 6.33. The quantitative estimate of drug-likeness (QED) is 0.778. The van der Waals surface area contributed by atoms with Gasteiger partial charge in [-0.15, -0.1) is 0 Å². The average molecular weight is 303 g/mol. The van der Waals surface area contributed by atoms with Crippen LogP contribution in [0, 0.1) is 0 Å². The summed E-state index contributed by atoms with van der Waals surface area (Å²) in [6, 6.07) is 5.72. The Morgan fingerprint density at radius 1 is 1.15 bits per heavy atom. The lowest BCUT2D eigenvalue weighted by molar-refractivity contribution is -0.137. The van der Waals surface area contributed by atoms with Crippen molar-refractivity contribution in [3.63, 3.8) is 0 Å². The van der Waals surface area contributed by atoms with Crippen molar-refractivity contribution in [3.8, 4) is 0 Å². The number of benzene rings is 1. The van der Waals surface area contributed by atoms with Crippen LogP contribution in [0.4, 0.5) is 13.2 Å². The highest BCUT2D eigenvalue weighted by Crippen LogP contribution is 2.45. The SMILES string of the molecule is CC(C)(C)SNC1(c2cccc(C(F)(F)F)c2)CCC1. The first-order valence-electron chi connectivity index (χ1n) is 6.75. The minimum atomic E-state index is -4.28. The Hall–Kier alpha value is -0.680. The van der Waals surface area contributed by atoms with Crippen molar-refractivity contribution in [1.29, 1.82) is 0 Å². The van der Waals surface area contributed by atoms with E-state index in [1.165, 1.54) is 12.1 Å². The summed E-state index contributed by atoms with van der Waals surface area (Å²) in [5.74, 6) is 0. The number of halogens is 3. The van der Waals surface area contributed by atoms with E-state index in [1.807, 2.05) is 0 Å². The molecule has 0 unspecified atom stereocenters. The Morgan fingerprint density at radius 2 is 1.80 bits per heavy atom. The van der Waals surface area contributed by atoms with E-state index in [9.17, 15) is 13.2 Å². The number of alkyl halides is 3. The Balaban J connectivity index is 2.23. The van der Waals surface area contributed by atoms with Crippen LogP contribution in [-0.2, 0) is 11.7 Å². The fourth-order valence-electron chi connectivity index (χ4n) is 2.22. The molecule has 112 valence electrons. The average Bonchev–Trinajstić information content (AvgIpc) is 2.25. The Morgan fingerprint density at radius 3 is 2.25 bits per heavy atom. The molecular formula is C15H20F3NS. The molecule has 0 atom stereocenters. The highest BCUT2D eigenvalue weighted by Gasteiger charge is 2.41. The monoisotopic (exact) mass is 303 g/mol. The lowest BCUT2D eigenvalue weighted by Gasteiger charge is -2.44. The van der Waals surface area contributed by atoms with E-state index in [0.29, 0.717) is 0 Å². The summed E-state index contributed by atoms with van der Waals surface area (Å²) < 4.78 is 41.9. The third-order valence-corrected chi connectivity index (χ3v) is 4.61. The van der Waals surface area contributed by atoms with Crippen LogP contribution in [0.25, 0.3) is 0 Å². The summed E-state index contributed by atoms with van der Waals surface area (Å²) >= 11 is 1.59. The molecule has 1 saturated carbocycles. The number of hydrogen-bond donors (Lipinski definition) is 1. The summed E-state index contributed by atoms with van der Waals surface area (Å²) in [4.78, 5) is 0. The molecule has 0 spiro atoms. The summed E-state index contributed by atoms with van der Waals surface area (Å²) in [6.45, 7) is 6.26. The first-order valence-corrected chi connectivity index (χ1v) is 7.57. The maximum Gasteiger partial charge on any atom is 0.416 e. The molecule has 0 amide bonds. The zero-order valence-electron chi connectivity index (χ0n) is 12.0. The van der Waals surface area contributed by atoms with Gasteiger partial charge < -0.3 is 0 Å². The minimum Gasteiger partial charge on any atom is -0.253 e. The summed E-state index contributed by atoms with van der Waals surface area (Å²) in [5, 5.41) is 0. The van der Waals surface area contributed by atoms with Gasteiger partial charge in [0.15, 0.2) is 0 Å². The molecule has 1 nitrogen and oxygen atoms in total. The second kappa shape index (κ2) is 5.26. The maximum atomic E-state index is 12.8. The Labute approximate surface area is 122 Å². The van der Waals surface area contributed by atoms with Gasteiger partial charge >= 0.3 is 6.18 Å². The van der Waals surface area contributed by atoms with Crippen LogP contribution in [0.3, 0.4) is 0 Å². The van der Waals surface area contributed by atoms with Crippen molar-refractivity contribution in [2.24, 2.45) is 0 Å². The van der Waals surface area contributed by atoms with E-state index < -0.39 is 11.7 Å². The molecule has 20 heavy (non-hydrogen) atoms. The van der Waals surface area contributed by atoms with E-state index >= 15 is 0 Å². The topological polar surface area (TPSA) is 12.0 Å². The van der Waals surface area contributed by atoms with Gasteiger partial charge in [0.25, 0.3) is 0 Å². The zero-order valence-corrected chi connectivity index (χ0v) is 12.8. The third-order valence-electron chi connectivity index (χ3n) is 3.50. The van der Waals surface area contributed by atoms with Gasteiger partial charge in [0, 0.05) is 4.75 Å². The molecule has 1 aromatic rings. The van der Waals surface area contributed by atoms with E-state index in [0.717, 1.165) is 30.9 Å². The molecule has 0 radical (unpaired) electrons. The van der Waals surface area contributed by atoms with Crippen LogP contribution in [0.1, 0.15) is 51.2 Å². The molecule has 1 aliphatic carbocycles. The molecule has 0 aliphatic heterocycles. The first-order chi connectivity index (χ1) is 9.12. The molecule has 0 heterocycles. The molecule has 0 bridgehead atoms. The maximum absolute atomic E-state index is 12.8. The van der Waals surface area contributed by atoms with Gasteiger partial charge in [0.1, 0.15) is 0 Å². The number of rotatable bonds is 3. The molecule has 0 saturated heterocycles. The van der Waals surface area contributed by atoms with E-state index in [4.69, 9.17) is 0 Å². The Bertz CT molecular complexity index is 473. The third kappa shape index (κ3) is 3.50. The van der Waals surface area contributed by atoms with Crippen LogP contribution in [0.2, 0.25) is 0 Å². The van der Waals surface area contributed by atoms with Crippen molar-refractivity contribution in [3.05, 3.63) is 35.4 Å². The van der Waals surface area contributed by atoms with Gasteiger partial charge in [0.05, 0.1) is 11.1 Å². The van der Waals surface area contributed by atoms with Crippen LogP contribution in [0.5, 0.6) is 0 Å². The first kappa shape index (κ1) is 15.7. The molecule has 1 aliphatic rings. The molecular weight excluding hydrogens is 283 g/mol. The minimum absolute atomic E-state index is 0.0320. The van der Waals surface area contributed by atoms with Gasteiger partial charge in [-0.25, -0.2) is 0 Å². The van der Waals surface area contributed by atoms with Gasteiger partial charge in [-0.1, -0.05) is 24.1 Å². The lowest BCUT2D eigenvalue weighted by Crippen LogP contribution is -2.46. The van der Waals surface area contributed by atoms with Gasteiger partial charge in [-0.3, -0.25) is 4.72 Å². The molecule has 5 heteroatoms. The highest BCUT2D eigenvalue weighted by atomic mass is 32.2. The molecule has 2 rings (SSSR count). The van der Waals surface area contributed by atoms with Gasteiger partial charge in [-0.2, -0.15) is 13.2 Å². The number of nitrogens with one attached hydrogen (secondary N) is 1. The molecule has 1 N–H and O–H groups in total. The summed E-state index contributed by atoms with van der Waals surface area (Å²) in [7, 11) is 0. The van der Waals surface area contributed by atoms with E-state index in [-0.39, 0.29) is 10.3 Å². The summed E-state index contributed by atoms with van der Waals surface area (Å²) in [5.41, 5.74) is -0.127. The standard InChI is InChI=1S/C15H20F3NS/c1-13(2,3)20-19-14(8-5-9-14)11-6-4-7-12(10-11)15(16,17)18/h4,6-7,10,19H,5,8-9H2,1-3H3. The molecule has 0 aromatic heterocycles. The van der Waals surface area contributed by atoms with E-state index in [1.54, 1.807) is 18.0 Å². The van der Waals surface area contributed by atoms with Crippen LogP contribution >= 0.6 is 11.9 Å². The molecule has 1 fully saturated rings. The lowest BCUT2D eigenvalue weighted by atomic mass is 9.72. The predicted molar refractivity (Wildman–Crippen MR) is 77.5 cm³/mol. The van der Waals surface area contributed by atoms with Crippen molar-refractivity contribution in [2.75, 3.05) is 0 Å². The van der Waals surface area contributed by atoms with Crippen molar-refractivity contribution >= 4 is 11.9 Å². The zero-order chi connectivity index (χ0) is 15.0. The van der Waals surface area contributed by atoms with Crippen LogP contribution < -0.4 is 4.72 Å². The second-order valence-corrected chi connectivity index (χ2v) is 7.96. The fraction of sp³-hybridized carbons (Fsp3) is 0.600. The van der Waals surface area contributed by atoms with Gasteiger partial charge in [-0.05, 0) is 57.7 Å². The predicted octanol–water partition coefficient (Wildman–Crippen LogP) is 5.12. The summed E-state index contributed by atoms with van der Waals surface area (Å²) in [6.07, 6.45) is -1.46. The van der Waals surface area contributed by atoms with Crippen molar-refractivity contribution in [1.82, 2.24) is 4.72 Å². The smallest absolute Gasteiger partial charge is 0.253 e. The van der Waals surface area contributed by atoms with Crippen molar-refractivity contribution in [2.45, 2.75) is 56.5 Å². The van der Waals surface area contributed by atoms with Crippen LogP contribution in [0.15, 0.2) is 24.3 Å². The normalized spacial score (nSPS) is 18.7. The highest BCUT2D eigenvalue weighted by molar-refractivity contribution is 7.98. The molecule has 1 aromatic carbocycles. The largest absolute Gasteiger partial charge is 0.416 e. The number of hydrogen-bond acceptors (Lipinski definition) is 2. The van der Waals surface area contributed by atoms with Crippen molar-refractivity contribution < 1.29 is 13.2 Å². The Kier molecular flexibility index (Phi) is 4.13.